The Morgan fingerprint density at radius 1 is 1.11 bits per heavy atom. The van der Waals surface area contributed by atoms with Crippen LogP contribution in [0.5, 0.6) is 17.2 Å². The number of benzene rings is 2. The van der Waals surface area contributed by atoms with E-state index in [9.17, 15) is 4.79 Å². The maximum atomic E-state index is 12.3. The summed E-state index contributed by atoms with van der Waals surface area (Å²) in [5.74, 6) is 1.79. The minimum absolute atomic E-state index is 0.184. The van der Waals surface area contributed by atoms with Gasteiger partial charge in [0.15, 0.2) is 11.5 Å². The third-order valence-corrected chi connectivity index (χ3v) is 4.18. The Hall–Kier alpha value is -3.21. The molecule has 5 heteroatoms. The first-order valence-corrected chi connectivity index (χ1v) is 9.03. The normalized spacial score (nSPS) is 11.7. The molecule has 0 saturated heterocycles. The maximum Gasteiger partial charge on any atom is 0.244 e. The summed E-state index contributed by atoms with van der Waals surface area (Å²) in [5, 5.41) is 2.96. The summed E-state index contributed by atoms with van der Waals surface area (Å²) in [6.45, 7) is 7.96. The van der Waals surface area contributed by atoms with Crippen LogP contribution in [0.15, 0.2) is 55.1 Å². The maximum absolute atomic E-state index is 12.3. The van der Waals surface area contributed by atoms with Crippen molar-refractivity contribution in [3.8, 4) is 17.2 Å². The lowest BCUT2D eigenvalue weighted by atomic mass is 10.0. The van der Waals surface area contributed by atoms with E-state index >= 15 is 0 Å². The number of nitrogens with one attached hydrogen (secondary N) is 1. The van der Waals surface area contributed by atoms with Gasteiger partial charge in [0, 0.05) is 11.6 Å². The number of carbonyl (C=O) groups excluding carboxylic acids is 1. The Morgan fingerprint density at radius 3 is 2.50 bits per heavy atom. The number of hydrogen-bond donors (Lipinski definition) is 1. The molecule has 0 saturated carbocycles. The summed E-state index contributed by atoms with van der Waals surface area (Å²) in [6.07, 6.45) is 4.90. The summed E-state index contributed by atoms with van der Waals surface area (Å²) in [7, 11) is 3.20. The molecule has 0 bridgehead atoms. The number of carbonyl (C=O) groups is 1. The molecule has 148 valence electrons. The summed E-state index contributed by atoms with van der Waals surface area (Å²) >= 11 is 0. The summed E-state index contributed by atoms with van der Waals surface area (Å²) in [6, 6.07) is 11.2. The fourth-order valence-corrected chi connectivity index (χ4v) is 2.76. The Kier molecular flexibility index (Phi) is 7.69. The van der Waals surface area contributed by atoms with Crippen molar-refractivity contribution < 1.29 is 19.0 Å². The van der Waals surface area contributed by atoms with Crippen LogP contribution in [0.25, 0.3) is 6.08 Å². The zero-order valence-corrected chi connectivity index (χ0v) is 16.8. The highest BCUT2D eigenvalue weighted by molar-refractivity contribution is 5.92. The van der Waals surface area contributed by atoms with Crippen molar-refractivity contribution >= 4 is 12.0 Å². The highest BCUT2D eigenvalue weighted by Gasteiger charge is 2.13. The van der Waals surface area contributed by atoms with E-state index in [1.165, 1.54) is 6.08 Å². The largest absolute Gasteiger partial charge is 0.496 e. The van der Waals surface area contributed by atoms with E-state index in [4.69, 9.17) is 14.2 Å². The van der Waals surface area contributed by atoms with Gasteiger partial charge in [-0.15, -0.1) is 0 Å². The molecule has 5 nitrogen and oxygen atoms in total. The standard InChI is InChI=1S/C23H27NO4/c1-6-13-28-21-11-8-18(15-22(21)27-5)9-12-23(25)24-17(3)19-14-16(2)7-10-20(19)26-4/h6-12,14-15,17H,1,13H2,2-5H3,(H,24,25)/b12-9+. The average molecular weight is 381 g/mol. The number of methoxy groups -OCH3 is 2. The van der Waals surface area contributed by atoms with Gasteiger partial charge in [-0.05, 0) is 43.7 Å². The Morgan fingerprint density at radius 2 is 1.82 bits per heavy atom. The third kappa shape index (κ3) is 5.64. The van der Waals surface area contributed by atoms with E-state index in [0.29, 0.717) is 18.1 Å². The van der Waals surface area contributed by atoms with Crippen molar-refractivity contribution in [2.45, 2.75) is 19.9 Å². The smallest absolute Gasteiger partial charge is 0.244 e. The van der Waals surface area contributed by atoms with Crippen LogP contribution in [0.2, 0.25) is 0 Å². The van der Waals surface area contributed by atoms with E-state index in [-0.39, 0.29) is 11.9 Å². The number of rotatable bonds is 9. The highest BCUT2D eigenvalue weighted by atomic mass is 16.5. The van der Waals surface area contributed by atoms with Gasteiger partial charge in [0.1, 0.15) is 12.4 Å². The molecule has 0 aliphatic heterocycles. The molecule has 0 heterocycles. The van der Waals surface area contributed by atoms with Crippen molar-refractivity contribution in [2.75, 3.05) is 20.8 Å². The van der Waals surface area contributed by atoms with Crippen molar-refractivity contribution in [2.24, 2.45) is 0 Å². The molecule has 1 unspecified atom stereocenters. The zero-order chi connectivity index (χ0) is 20.5. The summed E-state index contributed by atoms with van der Waals surface area (Å²) in [5.41, 5.74) is 2.88. The average Bonchev–Trinajstić information content (AvgIpc) is 2.70. The van der Waals surface area contributed by atoms with Crippen molar-refractivity contribution in [1.29, 1.82) is 0 Å². The molecular weight excluding hydrogens is 354 g/mol. The predicted molar refractivity (Wildman–Crippen MR) is 112 cm³/mol. The molecule has 2 aromatic rings. The van der Waals surface area contributed by atoms with E-state index in [2.05, 4.69) is 11.9 Å². The molecule has 0 fully saturated rings. The van der Waals surface area contributed by atoms with Crippen LogP contribution in [0.3, 0.4) is 0 Å². The lowest BCUT2D eigenvalue weighted by molar-refractivity contribution is -0.117. The second-order valence-corrected chi connectivity index (χ2v) is 6.32. The van der Waals surface area contributed by atoms with Gasteiger partial charge < -0.3 is 19.5 Å². The molecular formula is C23H27NO4. The van der Waals surface area contributed by atoms with Crippen LogP contribution < -0.4 is 19.5 Å². The van der Waals surface area contributed by atoms with E-state index in [1.807, 2.05) is 44.2 Å². The van der Waals surface area contributed by atoms with Gasteiger partial charge >= 0.3 is 0 Å². The van der Waals surface area contributed by atoms with Crippen LogP contribution in [0, 0.1) is 6.92 Å². The van der Waals surface area contributed by atoms with Crippen LogP contribution in [0.4, 0.5) is 0 Å². The molecule has 28 heavy (non-hydrogen) atoms. The molecule has 0 radical (unpaired) electrons. The van der Waals surface area contributed by atoms with Crippen molar-refractivity contribution in [3.05, 3.63) is 71.8 Å². The van der Waals surface area contributed by atoms with Crippen molar-refractivity contribution in [1.82, 2.24) is 5.32 Å². The fourth-order valence-electron chi connectivity index (χ4n) is 2.76. The zero-order valence-electron chi connectivity index (χ0n) is 16.8. The minimum atomic E-state index is -0.193. The van der Waals surface area contributed by atoms with Gasteiger partial charge in [0.05, 0.1) is 20.3 Å². The lowest BCUT2D eigenvalue weighted by Gasteiger charge is -2.17. The molecule has 0 aliphatic rings. The second kappa shape index (κ2) is 10.2. The molecule has 0 aromatic heterocycles. The molecule has 2 aromatic carbocycles. The number of ether oxygens (including phenoxy) is 3. The first kappa shape index (κ1) is 21.1. The van der Waals surface area contributed by atoms with Crippen molar-refractivity contribution in [3.63, 3.8) is 0 Å². The summed E-state index contributed by atoms with van der Waals surface area (Å²) in [4.78, 5) is 12.3. The molecule has 1 N–H and O–H groups in total. The SMILES string of the molecule is C=CCOc1ccc(/C=C/C(=O)NC(C)c2cc(C)ccc2OC)cc1OC. The first-order valence-electron chi connectivity index (χ1n) is 9.03. The molecule has 0 aliphatic carbocycles. The second-order valence-electron chi connectivity index (χ2n) is 6.32. The minimum Gasteiger partial charge on any atom is -0.496 e. The van der Waals surface area contributed by atoms with Gasteiger partial charge in [0.2, 0.25) is 5.91 Å². The Bertz CT molecular complexity index is 858. The van der Waals surface area contributed by atoms with Gasteiger partial charge in [-0.1, -0.05) is 36.4 Å². The Balaban J connectivity index is 2.07. The van der Waals surface area contributed by atoms with Gasteiger partial charge in [0.25, 0.3) is 0 Å². The first-order chi connectivity index (χ1) is 13.5. The quantitative estimate of drug-likeness (QED) is 0.514. The highest BCUT2D eigenvalue weighted by Crippen LogP contribution is 2.29. The van der Waals surface area contributed by atoms with Crippen LogP contribution >= 0.6 is 0 Å². The van der Waals surface area contributed by atoms with Gasteiger partial charge in [-0.25, -0.2) is 0 Å². The number of aryl methyl sites for hydroxylation is 1. The van der Waals surface area contributed by atoms with Gasteiger partial charge in [-0.3, -0.25) is 4.79 Å². The topological polar surface area (TPSA) is 56.8 Å². The van der Waals surface area contributed by atoms with E-state index in [1.54, 1.807) is 32.4 Å². The molecule has 1 amide bonds. The monoisotopic (exact) mass is 381 g/mol. The Labute approximate surface area is 166 Å². The van der Waals surface area contributed by atoms with E-state index < -0.39 is 0 Å². The third-order valence-electron chi connectivity index (χ3n) is 4.18. The van der Waals surface area contributed by atoms with Crippen LogP contribution in [-0.2, 0) is 4.79 Å². The van der Waals surface area contributed by atoms with Crippen LogP contribution in [0.1, 0.15) is 29.7 Å². The van der Waals surface area contributed by atoms with Gasteiger partial charge in [-0.2, -0.15) is 0 Å². The lowest BCUT2D eigenvalue weighted by Crippen LogP contribution is -2.25. The van der Waals surface area contributed by atoms with Crippen LogP contribution in [-0.4, -0.2) is 26.7 Å². The van der Waals surface area contributed by atoms with E-state index in [0.717, 1.165) is 22.4 Å². The molecule has 0 spiro atoms. The molecule has 1 atom stereocenters. The number of hydrogen-bond acceptors (Lipinski definition) is 4. The fraction of sp³-hybridized carbons (Fsp3) is 0.261. The molecule has 2 rings (SSSR count). The predicted octanol–water partition coefficient (Wildman–Crippen LogP) is 4.47. The summed E-state index contributed by atoms with van der Waals surface area (Å²) < 4.78 is 16.3. The number of amides is 1.